The van der Waals surface area contributed by atoms with Crippen LogP contribution in [-0.2, 0) is 14.1 Å². The Balaban J connectivity index is 1.89. The van der Waals surface area contributed by atoms with E-state index in [4.69, 9.17) is 0 Å². The Hall–Kier alpha value is -2.69. The first kappa shape index (κ1) is 16.2. The minimum Gasteiger partial charge on any atom is -0.372 e. The lowest BCUT2D eigenvalue weighted by molar-refractivity contribution is -0.632. The van der Waals surface area contributed by atoms with Gasteiger partial charge in [-0.15, -0.1) is 0 Å². The van der Waals surface area contributed by atoms with E-state index in [-0.39, 0.29) is 0 Å². The Morgan fingerprint density at radius 2 is 1.62 bits per heavy atom. The van der Waals surface area contributed by atoms with Gasteiger partial charge in [0.2, 0.25) is 0 Å². The van der Waals surface area contributed by atoms with Crippen LogP contribution in [-0.4, -0.2) is 17.7 Å². The Labute approximate surface area is 142 Å². The summed E-state index contributed by atoms with van der Waals surface area (Å²) in [5.74, 6) is 0.823. The quantitative estimate of drug-likeness (QED) is 0.510. The zero-order valence-corrected chi connectivity index (χ0v) is 14.8. The lowest BCUT2D eigenvalue weighted by Crippen LogP contribution is -2.26. The molecule has 0 fully saturated rings. The van der Waals surface area contributed by atoms with Gasteiger partial charge in [0.25, 0.3) is 0 Å². The molecule has 24 heavy (non-hydrogen) atoms. The van der Waals surface area contributed by atoms with Crippen molar-refractivity contribution in [3.63, 3.8) is 0 Å². The van der Waals surface area contributed by atoms with Crippen LogP contribution in [0.1, 0.15) is 13.8 Å². The number of aromatic nitrogens is 2. The van der Waals surface area contributed by atoms with Crippen LogP contribution >= 0.6 is 0 Å². The van der Waals surface area contributed by atoms with Gasteiger partial charge in [-0.05, 0) is 50.2 Å². The topological polar surface area (TPSA) is 36.8 Å². The number of anilines is 1. The summed E-state index contributed by atoms with van der Waals surface area (Å²) in [6, 6.07) is 16.5. The average Bonchev–Trinajstić information content (AvgIpc) is 2.87. The van der Waals surface area contributed by atoms with Crippen LogP contribution in [0.25, 0.3) is 11.0 Å². The smallest absolute Gasteiger partial charge is 0.372 e. The Morgan fingerprint density at radius 3 is 2.25 bits per heavy atom. The molecule has 124 valence electrons. The van der Waals surface area contributed by atoms with Gasteiger partial charge in [0, 0.05) is 23.9 Å². The molecule has 0 aliphatic carbocycles. The van der Waals surface area contributed by atoms with Gasteiger partial charge in [-0.2, -0.15) is 0 Å². The summed E-state index contributed by atoms with van der Waals surface area (Å²) >= 11 is 0. The zero-order valence-electron chi connectivity index (χ0n) is 14.8. The molecule has 0 amide bonds. The molecule has 0 spiro atoms. The van der Waals surface area contributed by atoms with Crippen LogP contribution in [0.2, 0.25) is 0 Å². The van der Waals surface area contributed by atoms with Crippen molar-refractivity contribution in [2.45, 2.75) is 13.8 Å². The maximum Gasteiger partial charge on any atom is 0.422 e. The first-order chi connectivity index (χ1) is 11.7. The van der Waals surface area contributed by atoms with Gasteiger partial charge in [0.1, 0.15) is 16.7 Å². The Kier molecular flexibility index (Phi) is 4.60. The molecule has 3 aromatic rings. The summed E-state index contributed by atoms with van der Waals surface area (Å²) in [7, 11) is 4.03. The van der Waals surface area contributed by atoms with E-state index in [1.807, 2.05) is 38.4 Å². The summed E-state index contributed by atoms with van der Waals surface area (Å²) in [6.45, 7) is 6.33. The summed E-state index contributed by atoms with van der Waals surface area (Å²) in [6.07, 6.45) is 0. The number of hydrogen-bond acceptors (Lipinski definition) is 3. The number of rotatable bonds is 5. The van der Waals surface area contributed by atoms with E-state index >= 15 is 0 Å². The van der Waals surface area contributed by atoms with Crippen molar-refractivity contribution in [1.82, 2.24) is 4.57 Å². The van der Waals surface area contributed by atoms with Crippen molar-refractivity contribution >= 4 is 28.4 Å². The van der Waals surface area contributed by atoms with E-state index in [2.05, 4.69) is 62.4 Å². The molecule has 0 atom stereocenters. The van der Waals surface area contributed by atoms with Crippen molar-refractivity contribution in [3.8, 4) is 0 Å². The van der Waals surface area contributed by atoms with Crippen molar-refractivity contribution in [2.75, 3.05) is 18.0 Å². The standard InChI is InChI=1S/C19H24N5/c1-5-24(6-2)16-13-11-15(12-14-16)20-21-19-22(3)17-9-7-8-10-18(17)23(19)4/h7-14H,5-6H2,1-4H3/q+1. The number of azo groups is 1. The molecule has 0 saturated heterocycles. The molecular weight excluding hydrogens is 298 g/mol. The third-order valence-electron chi connectivity index (χ3n) is 4.44. The second-order valence-electron chi connectivity index (χ2n) is 5.80. The van der Waals surface area contributed by atoms with Crippen molar-refractivity contribution in [1.29, 1.82) is 0 Å². The molecule has 0 radical (unpaired) electrons. The summed E-state index contributed by atoms with van der Waals surface area (Å²) in [4.78, 5) is 2.31. The van der Waals surface area contributed by atoms with Crippen LogP contribution in [0.15, 0.2) is 58.8 Å². The minimum atomic E-state index is 0.823. The molecule has 5 heteroatoms. The SMILES string of the molecule is CCN(CC)c1ccc(N=Nc2n(C)c3ccccc3[n+]2C)cc1. The van der Waals surface area contributed by atoms with Crippen LogP contribution in [0.4, 0.5) is 17.3 Å². The summed E-state index contributed by atoms with van der Waals surface area (Å²) in [5, 5.41) is 8.88. The Morgan fingerprint density at radius 1 is 0.958 bits per heavy atom. The molecule has 2 aromatic carbocycles. The van der Waals surface area contributed by atoms with Gasteiger partial charge in [0.15, 0.2) is 0 Å². The van der Waals surface area contributed by atoms with Crippen LogP contribution < -0.4 is 9.47 Å². The highest BCUT2D eigenvalue weighted by molar-refractivity contribution is 5.73. The molecule has 0 saturated carbocycles. The normalized spacial score (nSPS) is 11.5. The minimum absolute atomic E-state index is 0.823. The molecule has 0 bridgehead atoms. The maximum atomic E-state index is 4.46. The number of fused-ring (bicyclic) bond motifs is 1. The number of hydrogen-bond donors (Lipinski definition) is 0. The molecule has 1 aromatic heterocycles. The van der Waals surface area contributed by atoms with E-state index in [9.17, 15) is 0 Å². The van der Waals surface area contributed by atoms with Gasteiger partial charge >= 0.3 is 5.95 Å². The number of para-hydroxylation sites is 2. The van der Waals surface area contributed by atoms with Gasteiger partial charge < -0.3 is 4.90 Å². The maximum absolute atomic E-state index is 4.46. The van der Waals surface area contributed by atoms with Crippen molar-refractivity contribution in [2.24, 2.45) is 24.3 Å². The van der Waals surface area contributed by atoms with E-state index < -0.39 is 0 Å². The molecule has 5 nitrogen and oxygen atoms in total. The fourth-order valence-electron chi connectivity index (χ4n) is 3.03. The summed E-state index contributed by atoms with van der Waals surface area (Å²) < 4.78 is 4.12. The monoisotopic (exact) mass is 322 g/mol. The van der Waals surface area contributed by atoms with Gasteiger partial charge in [0.05, 0.1) is 14.1 Å². The average molecular weight is 322 g/mol. The van der Waals surface area contributed by atoms with Crippen molar-refractivity contribution in [3.05, 3.63) is 48.5 Å². The fraction of sp³-hybridized carbons (Fsp3) is 0.316. The van der Waals surface area contributed by atoms with E-state index in [0.29, 0.717) is 0 Å². The predicted molar refractivity (Wildman–Crippen MR) is 98.3 cm³/mol. The number of aryl methyl sites for hydroxylation is 2. The predicted octanol–water partition coefficient (Wildman–Crippen LogP) is 4.26. The second-order valence-corrected chi connectivity index (χ2v) is 5.80. The molecule has 0 aliphatic heterocycles. The van der Waals surface area contributed by atoms with Crippen LogP contribution in [0.3, 0.4) is 0 Å². The first-order valence-corrected chi connectivity index (χ1v) is 8.36. The lowest BCUT2D eigenvalue weighted by Gasteiger charge is -2.20. The highest BCUT2D eigenvalue weighted by atomic mass is 15.3. The van der Waals surface area contributed by atoms with Gasteiger partial charge in [-0.1, -0.05) is 17.2 Å². The van der Waals surface area contributed by atoms with Gasteiger partial charge in [-0.25, -0.2) is 9.13 Å². The zero-order chi connectivity index (χ0) is 17.1. The fourth-order valence-corrected chi connectivity index (χ4v) is 3.03. The molecule has 1 heterocycles. The number of nitrogens with zero attached hydrogens (tertiary/aromatic N) is 5. The molecule has 0 N–H and O–H groups in total. The summed E-state index contributed by atoms with van der Waals surface area (Å²) in [5.41, 5.74) is 4.36. The molecule has 0 unspecified atom stereocenters. The third kappa shape index (κ3) is 2.89. The second kappa shape index (κ2) is 6.83. The third-order valence-corrected chi connectivity index (χ3v) is 4.44. The highest BCUT2D eigenvalue weighted by Crippen LogP contribution is 2.23. The van der Waals surface area contributed by atoms with Gasteiger partial charge in [-0.3, -0.25) is 0 Å². The largest absolute Gasteiger partial charge is 0.422 e. The first-order valence-electron chi connectivity index (χ1n) is 8.36. The van der Waals surface area contributed by atoms with Crippen molar-refractivity contribution < 1.29 is 4.57 Å². The van der Waals surface area contributed by atoms with E-state index in [1.165, 1.54) is 5.69 Å². The van der Waals surface area contributed by atoms with Crippen LogP contribution in [0, 0.1) is 0 Å². The van der Waals surface area contributed by atoms with E-state index in [0.717, 1.165) is 35.8 Å². The lowest BCUT2D eigenvalue weighted by atomic mass is 10.2. The van der Waals surface area contributed by atoms with Crippen LogP contribution in [0.5, 0.6) is 0 Å². The molecular formula is C19H24N5+. The number of imidazole rings is 1. The Bertz CT molecular complexity index is 818. The highest BCUT2D eigenvalue weighted by Gasteiger charge is 2.18. The number of benzene rings is 2. The molecule has 3 rings (SSSR count). The van der Waals surface area contributed by atoms with E-state index in [1.54, 1.807) is 0 Å². The molecule has 0 aliphatic rings.